The van der Waals surface area contributed by atoms with E-state index in [0.717, 1.165) is 11.3 Å². The number of methoxy groups -OCH3 is 1. The van der Waals surface area contributed by atoms with Gasteiger partial charge in [-0.05, 0) is 30.3 Å². The van der Waals surface area contributed by atoms with Crippen molar-refractivity contribution in [3.8, 4) is 5.75 Å². The molecule has 0 aliphatic carbocycles. The van der Waals surface area contributed by atoms with Crippen LogP contribution in [0.1, 0.15) is 10.4 Å². The number of hydrogen-bond acceptors (Lipinski definition) is 7. The van der Waals surface area contributed by atoms with Crippen LogP contribution >= 0.6 is 46.3 Å². The van der Waals surface area contributed by atoms with Gasteiger partial charge in [0.05, 0.1) is 23.4 Å². The summed E-state index contributed by atoms with van der Waals surface area (Å²) in [7, 11) is 1.56. The van der Waals surface area contributed by atoms with Crippen LogP contribution in [-0.2, 0) is 4.79 Å². The number of benzene rings is 2. The molecule has 0 spiro atoms. The monoisotopic (exact) mass is 468 g/mol. The van der Waals surface area contributed by atoms with E-state index in [2.05, 4.69) is 20.8 Å². The maximum absolute atomic E-state index is 12.3. The van der Waals surface area contributed by atoms with Gasteiger partial charge in [0, 0.05) is 16.8 Å². The Balaban J connectivity index is 1.54. The van der Waals surface area contributed by atoms with Crippen molar-refractivity contribution < 1.29 is 14.3 Å². The molecular formula is C18H14Cl2N4O3S2. The highest BCUT2D eigenvalue weighted by Gasteiger charge is 2.15. The van der Waals surface area contributed by atoms with Crippen LogP contribution in [0.2, 0.25) is 10.0 Å². The number of nitrogens with zero attached hydrogens (tertiary/aromatic N) is 2. The van der Waals surface area contributed by atoms with Crippen molar-refractivity contribution in [3.63, 3.8) is 0 Å². The predicted octanol–water partition coefficient (Wildman–Crippen LogP) is 4.84. The van der Waals surface area contributed by atoms with Gasteiger partial charge < -0.3 is 10.1 Å². The van der Waals surface area contributed by atoms with Crippen LogP contribution in [0.3, 0.4) is 0 Å². The van der Waals surface area contributed by atoms with Crippen LogP contribution < -0.4 is 15.4 Å². The van der Waals surface area contributed by atoms with Crippen molar-refractivity contribution >= 4 is 68.9 Å². The minimum atomic E-state index is -0.444. The van der Waals surface area contributed by atoms with Crippen LogP contribution in [-0.4, -0.2) is 34.9 Å². The number of carbonyl (C=O) groups excluding carboxylic acids is 2. The molecule has 7 nitrogen and oxygen atoms in total. The largest absolute Gasteiger partial charge is 0.497 e. The van der Waals surface area contributed by atoms with E-state index in [4.69, 9.17) is 27.9 Å². The highest BCUT2D eigenvalue weighted by molar-refractivity contribution is 8.01. The zero-order valence-electron chi connectivity index (χ0n) is 14.9. The van der Waals surface area contributed by atoms with E-state index in [9.17, 15) is 9.59 Å². The molecule has 0 saturated carbocycles. The topological polar surface area (TPSA) is 93.2 Å². The molecule has 3 rings (SSSR count). The number of nitrogens with one attached hydrogen (secondary N) is 2. The van der Waals surface area contributed by atoms with Crippen molar-refractivity contribution in [1.29, 1.82) is 0 Å². The molecule has 0 unspecified atom stereocenters. The standard InChI is InChI=1S/C18H14Cl2N4O3S2/c1-27-12-4-2-3-11(8-12)21-15(25)9-28-18-24-23-17(29-18)22-16(26)13-7-10(19)5-6-14(13)20/h2-8H,9H2,1H3,(H,21,25)(H,22,23,26). The average Bonchev–Trinajstić information content (AvgIpc) is 3.15. The van der Waals surface area contributed by atoms with E-state index in [0.29, 0.717) is 25.9 Å². The van der Waals surface area contributed by atoms with Gasteiger partial charge in [-0.25, -0.2) is 0 Å². The first-order valence-corrected chi connectivity index (χ1v) is 10.7. The zero-order chi connectivity index (χ0) is 20.8. The number of hydrogen-bond donors (Lipinski definition) is 2. The summed E-state index contributed by atoms with van der Waals surface area (Å²) < 4.78 is 5.66. The number of amides is 2. The Morgan fingerprint density at radius 1 is 1.14 bits per heavy atom. The molecule has 0 aliphatic heterocycles. The predicted molar refractivity (Wildman–Crippen MR) is 117 cm³/mol. The summed E-state index contributed by atoms with van der Waals surface area (Å²) >= 11 is 14.3. The second-order valence-corrected chi connectivity index (χ2v) is 8.56. The van der Waals surface area contributed by atoms with Crippen LogP contribution in [0.25, 0.3) is 0 Å². The number of ether oxygens (including phenoxy) is 1. The summed E-state index contributed by atoms with van der Waals surface area (Å²) in [6, 6.07) is 11.7. The van der Waals surface area contributed by atoms with Gasteiger partial charge in [0.25, 0.3) is 5.91 Å². The molecule has 0 radical (unpaired) electrons. The van der Waals surface area contributed by atoms with E-state index in [1.54, 1.807) is 43.5 Å². The normalized spacial score (nSPS) is 10.4. The van der Waals surface area contributed by atoms with Gasteiger partial charge in [0.15, 0.2) is 4.34 Å². The molecule has 1 aromatic heterocycles. The molecule has 3 aromatic rings. The van der Waals surface area contributed by atoms with E-state index in [1.165, 1.54) is 17.8 Å². The molecule has 150 valence electrons. The van der Waals surface area contributed by atoms with Gasteiger partial charge in [-0.3, -0.25) is 14.9 Å². The van der Waals surface area contributed by atoms with Gasteiger partial charge in [-0.2, -0.15) is 0 Å². The van der Waals surface area contributed by atoms with Crippen LogP contribution in [0.5, 0.6) is 5.75 Å². The van der Waals surface area contributed by atoms with Crippen molar-refractivity contribution in [2.45, 2.75) is 4.34 Å². The fraction of sp³-hybridized carbons (Fsp3) is 0.111. The molecule has 2 N–H and O–H groups in total. The third-order valence-corrected chi connectivity index (χ3v) is 6.02. The van der Waals surface area contributed by atoms with Crippen molar-refractivity contribution in [2.75, 3.05) is 23.5 Å². The Morgan fingerprint density at radius 2 is 1.97 bits per heavy atom. The molecule has 0 aliphatic rings. The molecule has 2 aromatic carbocycles. The lowest BCUT2D eigenvalue weighted by Crippen LogP contribution is -2.13. The third kappa shape index (κ3) is 6.07. The molecular weight excluding hydrogens is 455 g/mol. The van der Waals surface area contributed by atoms with Gasteiger partial charge >= 0.3 is 0 Å². The molecule has 0 atom stereocenters. The second-order valence-electron chi connectivity index (χ2n) is 5.52. The Hall–Kier alpha value is -2.33. The smallest absolute Gasteiger partial charge is 0.259 e. The zero-order valence-corrected chi connectivity index (χ0v) is 18.1. The molecule has 1 heterocycles. The number of anilines is 2. The van der Waals surface area contributed by atoms with Crippen LogP contribution in [0, 0.1) is 0 Å². The number of carbonyl (C=O) groups is 2. The molecule has 0 saturated heterocycles. The summed E-state index contributed by atoms with van der Waals surface area (Å²) in [5.41, 5.74) is 0.875. The van der Waals surface area contributed by atoms with Crippen molar-refractivity contribution in [2.24, 2.45) is 0 Å². The number of thioether (sulfide) groups is 1. The summed E-state index contributed by atoms with van der Waals surface area (Å²) in [6.45, 7) is 0. The van der Waals surface area contributed by atoms with Gasteiger partial charge in [0.2, 0.25) is 11.0 Å². The summed E-state index contributed by atoms with van der Waals surface area (Å²) in [6.07, 6.45) is 0. The van der Waals surface area contributed by atoms with E-state index in [-0.39, 0.29) is 22.2 Å². The first-order valence-electron chi connectivity index (χ1n) is 8.11. The van der Waals surface area contributed by atoms with E-state index < -0.39 is 5.91 Å². The summed E-state index contributed by atoms with van der Waals surface area (Å²) in [5.74, 6) is 0.149. The molecule has 29 heavy (non-hydrogen) atoms. The minimum Gasteiger partial charge on any atom is -0.497 e. The Kier molecular flexibility index (Phi) is 7.32. The Bertz CT molecular complexity index is 1050. The van der Waals surface area contributed by atoms with E-state index in [1.807, 2.05) is 0 Å². The Labute approximate surface area is 184 Å². The lowest BCUT2D eigenvalue weighted by atomic mass is 10.2. The SMILES string of the molecule is COc1cccc(NC(=O)CSc2nnc(NC(=O)c3cc(Cl)ccc3Cl)s2)c1. The lowest BCUT2D eigenvalue weighted by Gasteiger charge is -2.06. The molecule has 2 amide bonds. The van der Waals surface area contributed by atoms with Crippen molar-refractivity contribution in [3.05, 3.63) is 58.1 Å². The minimum absolute atomic E-state index is 0.139. The molecule has 0 fully saturated rings. The van der Waals surface area contributed by atoms with Gasteiger partial charge in [-0.1, -0.05) is 52.4 Å². The average molecular weight is 469 g/mol. The summed E-state index contributed by atoms with van der Waals surface area (Å²) in [5, 5.41) is 14.2. The number of halogens is 2. The highest BCUT2D eigenvalue weighted by atomic mass is 35.5. The first-order chi connectivity index (χ1) is 13.9. The first kappa shape index (κ1) is 21.4. The maximum atomic E-state index is 12.3. The van der Waals surface area contributed by atoms with Gasteiger partial charge in [-0.15, -0.1) is 10.2 Å². The molecule has 0 bridgehead atoms. The number of aromatic nitrogens is 2. The Morgan fingerprint density at radius 3 is 2.76 bits per heavy atom. The fourth-order valence-corrected chi connectivity index (χ4v) is 4.10. The fourth-order valence-electron chi connectivity index (χ4n) is 2.18. The lowest BCUT2D eigenvalue weighted by molar-refractivity contribution is -0.113. The molecule has 11 heteroatoms. The third-order valence-electron chi connectivity index (χ3n) is 3.48. The quantitative estimate of drug-likeness (QED) is 0.380. The van der Waals surface area contributed by atoms with Gasteiger partial charge in [0.1, 0.15) is 5.75 Å². The maximum Gasteiger partial charge on any atom is 0.259 e. The number of rotatable bonds is 7. The van der Waals surface area contributed by atoms with Crippen LogP contribution in [0.15, 0.2) is 46.8 Å². The second kappa shape index (κ2) is 9.93. The van der Waals surface area contributed by atoms with Crippen LogP contribution in [0.4, 0.5) is 10.8 Å². The summed E-state index contributed by atoms with van der Waals surface area (Å²) in [4.78, 5) is 24.4. The van der Waals surface area contributed by atoms with Crippen molar-refractivity contribution in [1.82, 2.24) is 10.2 Å². The van der Waals surface area contributed by atoms with E-state index >= 15 is 0 Å². The highest BCUT2D eigenvalue weighted by Crippen LogP contribution is 2.27.